The summed E-state index contributed by atoms with van der Waals surface area (Å²) in [7, 11) is 1.68. The van der Waals surface area contributed by atoms with E-state index in [1.54, 1.807) is 7.05 Å². The van der Waals surface area contributed by atoms with E-state index in [4.69, 9.17) is 0 Å². The standard InChI is InChI=1S/C8H17NO.2C2H6/c1-5-6-8(2,3)7(10)9-4;2*1-2/h5-6H2,1-4H3,(H,9,10);2*1-2H3. The molecule has 2 nitrogen and oxygen atoms in total. The summed E-state index contributed by atoms with van der Waals surface area (Å²) in [4.78, 5) is 11.1. The summed E-state index contributed by atoms with van der Waals surface area (Å²) in [6.45, 7) is 14.0. The zero-order chi connectivity index (χ0) is 12.2. The minimum atomic E-state index is -0.191. The van der Waals surface area contributed by atoms with Crippen molar-refractivity contribution in [2.24, 2.45) is 5.41 Å². The molecule has 0 unspecified atom stereocenters. The van der Waals surface area contributed by atoms with E-state index in [9.17, 15) is 4.79 Å². The van der Waals surface area contributed by atoms with Gasteiger partial charge in [-0.05, 0) is 6.42 Å². The number of carbonyl (C=O) groups excluding carboxylic acids is 1. The smallest absolute Gasteiger partial charge is 0.225 e. The molecule has 0 fully saturated rings. The van der Waals surface area contributed by atoms with Crippen LogP contribution in [0.1, 0.15) is 61.3 Å². The quantitative estimate of drug-likeness (QED) is 0.746. The normalized spacial score (nSPS) is 8.86. The average Bonchev–Trinajstić information content (AvgIpc) is 2.22. The first-order chi connectivity index (χ1) is 6.54. The molecule has 2 heteroatoms. The summed E-state index contributed by atoms with van der Waals surface area (Å²) >= 11 is 0. The van der Waals surface area contributed by atoms with Crippen LogP contribution in [0.25, 0.3) is 0 Å². The van der Waals surface area contributed by atoms with Crippen LogP contribution < -0.4 is 5.32 Å². The van der Waals surface area contributed by atoms with Gasteiger partial charge in [0.2, 0.25) is 5.91 Å². The molecule has 1 amide bonds. The van der Waals surface area contributed by atoms with Crippen molar-refractivity contribution in [3.05, 3.63) is 0 Å². The zero-order valence-electron chi connectivity index (χ0n) is 11.3. The van der Waals surface area contributed by atoms with Gasteiger partial charge in [-0.15, -0.1) is 0 Å². The number of nitrogens with one attached hydrogen (secondary N) is 1. The summed E-state index contributed by atoms with van der Waals surface area (Å²) < 4.78 is 0. The maximum absolute atomic E-state index is 11.1. The highest BCUT2D eigenvalue weighted by molar-refractivity contribution is 5.81. The second-order valence-electron chi connectivity index (χ2n) is 3.21. The molecule has 0 aliphatic heterocycles. The number of rotatable bonds is 3. The van der Waals surface area contributed by atoms with Crippen LogP contribution in [0.4, 0.5) is 0 Å². The van der Waals surface area contributed by atoms with Crippen molar-refractivity contribution in [3.63, 3.8) is 0 Å². The third kappa shape index (κ3) is 9.56. The molecule has 1 N–H and O–H groups in total. The Kier molecular flexibility index (Phi) is 17.0. The van der Waals surface area contributed by atoms with Gasteiger partial charge in [0.1, 0.15) is 0 Å². The van der Waals surface area contributed by atoms with E-state index >= 15 is 0 Å². The van der Waals surface area contributed by atoms with Crippen molar-refractivity contribution in [2.45, 2.75) is 61.3 Å². The Morgan fingerprint density at radius 3 is 1.71 bits per heavy atom. The molecule has 0 rings (SSSR count). The number of amides is 1. The van der Waals surface area contributed by atoms with Crippen molar-refractivity contribution in [1.82, 2.24) is 5.32 Å². The molecule has 0 aromatic rings. The van der Waals surface area contributed by atoms with Gasteiger partial charge in [0, 0.05) is 12.5 Å². The fraction of sp³-hybridized carbons (Fsp3) is 0.917. The van der Waals surface area contributed by atoms with Crippen LogP contribution in [-0.2, 0) is 4.79 Å². The number of carbonyl (C=O) groups is 1. The molecular formula is C12H29NO. The largest absolute Gasteiger partial charge is 0.359 e. The van der Waals surface area contributed by atoms with Gasteiger partial charge in [-0.3, -0.25) is 4.79 Å². The van der Waals surface area contributed by atoms with Gasteiger partial charge in [0.05, 0.1) is 0 Å². The summed E-state index contributed by atoms with van der Waals surface area (Å²) in [5, 5.41) is 2.65. The Bertz CT molecular complexity index is 119. The lowest BCUT2D eigenvalue weighted by Crippen LogP contribution is -2.34. The van der Waals surface area contributed by atoms with Crippen LogP contribution in [-0.4, -0.2) is 13.0 Å². The molecule has 0 bridgehead atoms. The maximum Gasteiger partial charge on any atom is 0.225 e. The molecule has 0 atom stereocenters. The Hall–Kier alpha value is -0.530. The Labute approximate surface area is 90.5 Å². The molecule has 0 aromatic carbocycles. The third-order valence-corrected chi connectivity index (χ3v) is 1.72. The maximum atomic E-state index is 11.1. The van der Waals surface area contributed by atoms with Gasteiger partial charge in [0.25, 0.3) is 0 Å². The van der Waals surface area contributed by atoms with E-state index < -0.39 is 0 Å². The molecule has 0 aliphatic rings. The Morgan fingerprint density at radius 2 is 1.50 bits per heavy atom. The molecule has 0 saturated carbocycles. The minimum Gasteiger partial charge on any atom is -0.359 e. The van der Waals surface area contributed by atoms with E-state index in [2.05, 4.69) is 12.2 Å². The summed E-state index contributed by atoms with van der Waals surface area (Å²) in [6.07, 6.45) is 2.01. The Balaban J connectivity index is -0.000000266. The molecule has 0 spiro atoms. The number of hydrogen-bond donors (Lipinski definition) is 1. The van der Waals surface area contributed by atoms with Crippen molar-refractivity contribution in [3.8, 4) is 0 Å². The summed E-state index contributed by atoms with van der Waals surface area (Å²) in [5.74, 6) is 0.134. The lowest BCUT2D eigenvalue weighted by molar-refractivity contribution is -0.129. The van der Waals surface area contributed by atoms with Gasteiger partial charge in [-0.25, -0.2) is 0 Å². The predicted molar refractivity (Wildman–Crippen MR) is 65.5 cm³/mol. The second kappa shape index (κ2) is 12.5. The fourth-order valence-corrected chi connectivity index (χ4v) is 1.08. The van der Waals surface area contributed by atoms with Crippen LogP contribution in [0.3, 0.4) is 0 Å². The van der Waals surface area contributed by atoms with Crippen LogP contribution in [0.2, 0.25) is 0 Å². The second-order valence-corrected chi connectivity index (χ2v) is 3.21. The topological polar surface area (TPSA) is 29.1 Å². The monoisotopic (exact) mass is 203 g/mol. The van der Waals surface area contributed by atoms with Gasteiger partial charge >= 0.3 is 0 Å². The van der Waals surface area contributed by atoms with E-state index in [-0.39, 0.29) is 11.3 Å². The fourth-order valence-electron chi connectivity index (χ4n) is 1.08. The molecule has 0 aromatic heterocycles. The highest BCUT2D eigenvalue weighted by Gasteiger charge is 2.24. The highest BCUT2D eigenvalue weighted by atomic mass is 16.2. The first-order valence-corrected chi connectivity index (χ1v) is 5.76. The summed E-state index contributed by atoms with van der Waals surface area (Å²) in [6, 6.07) is 0. The van der Waals surface area contributed by atoms with Crippen molar-refractivity contribution < 1.29 is 4.79 Å². The number of hydrogen-bond acceptors (Lipinski definition) is 1. The molecule has 0 saturated heterocycles. The van der Waals surface area contributed by atoms with Crippen molar-refractivity contribution in [1.29, 1.82) is 0 Å². The molecular weight excluding hydrogens is 174 g/mol. The molecule has 0 heterocycles. The SMILES string of the molecule is CC.CC.CCCC(C)(C)C(=O)NC. The van der Waals surface area contributed by atoms with Crippen molar-refractivity contribution in [2.75, 3.05) is 7.05 Å². The first-order valence-electron chi connectivity index (χ1n) is 5.76. The van der Waals surface area contributed by atoms with Gasteiger partial charge < -0.3 is 5.32 Å². The minimum absolute atomic E-state index is 0.134. The van der Waals surface area contributed by atoms with Crippen LogP contribution >= 0.6 is 0 Å². The predicted octanol–water partition coefficient (Wildman–Crippen LogP) is 3.61. The summed E-state index contributed by atoms with van der Waals surface area (Å²) in [5.41, 5.74) is -0.191. The highest BCUT2D eigenvalue weighted by Crippen LogP contribution is 2.21. The molecule has 0 radical (unpaired) electrons. The van der Waals surface area contributed by atoms with E-state index in [0.717, 1.165) is 12.8 Å². The van der Waals surface area contributed by atoms with Gasteiger partial charge in [-0.1, -0.05) is 54.9 Å². The lowest BCUT2D eigenvalue weighted by atomic mass is 9.87. The Morgan fingerprint density at radius 1 is 1.14 bits per heavy atom. The molecule has 88 valence electrons. The van der Waals surface area contributed by atoms with Gasteiger partial charge in [0.15, 0.2) is 0 Å². The third-order valence-electron chi connectivity index (χ3n) is 1.72. The molecule has 14 heavy (non-hydrogen) atoms. The lowest BCUT2D eigenvalue weighted by Gasteiger charge is -2.21. The first kappa shape index (κ1) is 19.1. The van der Waals surface area contributed by atoms with E-state index in [0.29, 0.717) is 0 Å². The van der Waals surface area contributed by atoms with Gasteiger partial charge in [-0.2, -0.15) is 0 Å². The molecule has 0 aliphatic carbocycles. The van der Waals surface area contributed by atoms with E-state index in [1.165, 1.54) is 0 Å². The van der Waals surface area contributed by atoms with Crippen molar-refractivity contribution >= 4 is 5.91 Å². The van der Waals surface area contributed by atoms with Crippen LogP contribution in [0.5, 0.6) is 0 Å². The van der Waals surface area contributed by atoms with Crippen LogP contribution in [0, 0.1) is 5.41 Å². The van der Waals surface area contributed by atoms with Crippen LogP contribution in [0.15, 0.2) is 0 Å². The van der Waals surface area contributed by atoms with E-state index in [1.807, 2.05) is 41.5 Å². The average molecular weight is 203 g/mol. The zero-order valence-corrected chi connectivity index (χ0v) is 11.3.